The Morgan fingerprint density at radius 1 is 1.00 bits per heavy atom. The maximum Gasteiger partial charge on any atom is 0.345 e. The van der Waals surface area contributed by atoms with Crippen molar-refractivity contribution in [2.75, 3.05) is 6.54 Å². The molecule has 2 amide bonds. The van der Waals surface area contributed by atoms with Gasteiger partial charge in [0.25, 0.3) is 11.8 Å². The summed E-state index contributed by atoms with van der Waals surface area (Å²) in [5, 5.41) is 7.02. The Kier molecular flexibility index (Phi) is 8.59. The zero-order valence-corrected chi connectivity index (χ0v) is 19.9. The molecule has 3 aromatic rings. The van der Waals surface area contributed by atoms with Gasteiger partial charge in [-0.3, -0.25) is 9.59 Å². The number of hydrogen-bond acceptors (Lipinski definition) is 5. The third-order valence-electron chi connectivity index (χ3n) is 4.16. The molecule has 3 aromatic carbocycles. The molecule has 2 N–H and O–H groups in total. The second-order valence-electron chi connectivity index (χ2n) is 6.54. The molecule has 0 saturated carbocycles. The lowest BCUT2D eigenvalue weighted by Crippen LogP contribution is -2.34. The van der Waals surface area contributed by atoms with Gasteiger partial charge in [0.2, 0.25) is 0 Å². The van der Waals surface area contributed by atoms with Crippen molar-refractivity contribution in [2.45, 2.75) is 0 Å². The van der Waals surface area contributed by atoms with Crippen LogP contribution in [0.3, 0.4) is 0 Å². The zero-order chi connectivity index (χ0) is 23.8. The molecule has 0 heterocycles. The first-order valence-electron chi connectivity index (χ1n) is 9.45. The van der Waals surface area contributed by atoms with E-state index in [1.165, 1.54) is 12.3 Å². The van der Waals surface area contributed by atoms with Crippen molar-refractivity contribution in [2.24, 2.45) is 5.10 Å². The third kappa shape index (κ3) is 7.15. The molecule has 10 heteroatoms. The van der Waals surface area contributed by atoms with Crippen LogP contribution < -0.4 is 15.5 Å². The number of rotatable bonds is 7. The van der Waals surface area contributed by atoms with Crippen LogP contribution in [0.1, 0.15) is 26.3 Å². The van der Waals surface area contributed by atoms with Crippen molar-refractivity contribution in [3.05, 3.63) is 97.9 Å². The highest BCUT2D eigenvalue weighted by Crippen LogP contribution is 2.24. The predicted octanol–water partition coefficient (Wildman–Crippen LogP) is 4.86. The molecule has 0 aliphatic rings. The van der Waals surface area contributed by atoms with Gasteiger partial charge < -0.3 is 10.1 Å². The Balaban J connectivity index is 1.60. The summed E-state index contributed by atoms with van der Waals surface area (Å²) in [6.07, 6.45) is 1.32. The minimum atomic E-state index is -0.634. The van der Waals surface area contributed by atoms with Crippen molar-refractivity contribution in [1.29, 1.82) is 0 Å². The van der Waals surface area contributed by atoms with E-state index < -0.39 is 17.8 Å². The van der Waals surface area contributed by atoms with Crippen molar-refractivity contribution in [3.63, 3.8) is 0 Å². The number of hydrogen-bond donors (Lipinski definition) is 2. The van der Waals surface area contributed by atoms with Crippen LogP contribution >= 0.6 is 39.1 Å². The molecule has 168 valence electrons. The summed E-state index contributed by atoms with van der Waals surface area (Å²) < 4.78 is 6.16. The molecule has 0 aromatic heterocycles. The third-order valence-corrected chi connectivity index (χ3v) is 5.22. The maximum atomic E-state index is 12.5. The lowest BCUT2D eigenvalue weighted by atomic mass is 10.2. The fourth-order valence-corrected chi connectivity index (χ4v) is 3.38. The monoisotopic (exact) mass is 547 g/mol. The number of ether oxygens (including phenoxy) is 1. The molecule has 3 rings (SSSR count). The highest BCUT2D eigenvalue weighted by molar-refractivity contribution is 9.10. The van der Waals surface area contributed by atoms with Gasteiger partial charge in [-0.2, -0.15) is 5.10 Å². The fraction of sp³-hybridized carbons (Fsp3) is 0.0435. The molecular formula is C23H16BrCl2N3O4. The van der Waals surface area contributed by atoms with Crippen LogP contribution in [0, 0.1) is 0 Å². The number of amides is 2. The number of halogens is 3. The molecule has 0 radical (unpaired) electrons. The van der Waals surface area contributed by atoms with E-state index in [1.807, 2.05) is 0 Å². The van der Waals surface area contributed by atoms with Crippen LogP contribution in [-0.2, 0) is 4.79 Å². The molecule has 7 nitrogen and oxygen atoms in total. The Labute approximate surface area is 207 Å². The Hall–Kier alpha value is -3.20. The van der Waals surface area contributed by atoms with E-state index in [9.17, 15) is 14.4 Å². The average Bonchev–Trinajstić information content (AvgIpc) is 2.79. The van der Waals surface area contributed by atoms with Crippen molar-refractivity contribution < 1.29 is 19.1 Å². The Bertz CT molecular complexity index is 1230. The van der Waals surface area contributed by atoms with E-state index in [1.54, 1.807) is 60.7 Å². The quantitative estimate of drug-likeness (QED) is 0.191. The second kappa shape index (κ2) is 11.6. The van der Waals surface area contributed by atoms with E-state index in [-0.39, 0.29) is 22.9 Å². The van der Waals surface area contributed by atoms with Crippen molar-refractivity contribution in [1.82, 2.24) is 10.7 Å². The van der Waals surface area contributed by atoms with E-state index >= 15 is 0 Å². The average molecular weight is 549 g/mol. The first-order chi connectivity index (χ1) is 15.8. The molecule has 0 bridgehead atoms. The summed E-state index contributed by atoms with van der Waals surface area (Å²) >= 11 is 15.2. The predicted molar refractivity (Wildman–Crippen MR) is 130 cm³/mol. The highest BCUT2D eigenvalue weighted by atomic mass is 79.9. The normalized spacial score (nSPS) is 10.6. The minimum Gasteiger partial charge on any atom is -0.422 e. The summed E-state index contributed by atoms with van der Waals surface area (Å²) in [6, 6.07) is 17.8. The molecule has 0 aliphatic heterocycles. The molecule has 33 heavy (non-hydrogen) atoms. The van der Waals surface area contributed by atoms with Crippen LogP contribution in [0.15, 0.2) is 76.3 Å². The number of nitrogens with one attached hydrogen (secondary N) is 2. The number of hydrazone groups is 1. The van der Waals surface area contributed by atoms with Gasteiger partial charge in [0.15, 0.2) is 0 Å². The highest BCUT2D eigenvalue weighted by Gasteiger charge is 2.14. The largest absolute Gasteiger partial charge is 0.422 e. The summed E-state index contributed by atoms with van der Waals surface area (Å²) in [5.74, 6) is -1.41. The first-order valence-corrected chi connectivity index (χ1v) is 11.0. The fourth-order valence-electron chi connectivity index (χ4n) is 2.60. The molecule has 0 saturated heterocycles. The Morgan fingerprint density at radius 3 is 2.55 bits per heavy atom. The van der Waals surface area contributed by atoms with Gasteiger partial charge in [-0.25, -0.2) is 10.2 Å². The molecular weight excluding hydrogens is 533 g/mol. The minimum absolute atomic E-state index is 0.216. The molecule has 0 unspecified atom stereocenters. The standard InChI is InChI=1S/C23H16BrCl2N3O4/c24-16-8-9-20(33-23(32)18-6-1-2-7-19(18)26)15(10-16)12-28-29-21(30)13-27-22(31)14-4-3-5-17(25)11-14/h1-12H,13H2,(H,27,31)(H,29,30)/b28-12+. The molecule has 0 atom stereocenters. The number of esters is 1. The number of nitrogens with zero attached hydrogens (tertiary/aromatic N) is 1. The van der Waals surface area contributed by atoms with Crippen molar-refractivity contribution in [3.8, 4) is 5.75 Å². The van der Waals surface area contributed by atoms with Gasteiger partial charge in [0.05, 0.1) is 23.3 Å². The van der Waals surface area contributed by atoms with Crippen LogP contribution in [0.5, 0.6) is 5.75 Å². The van der Waals surface area contributed by atoms with Gasteiger partial charge in [-0.15, -0.1) is 0 Å². The number of carbonyl (C=O) groups excluding carboxylic acids is 3. The van der Waals surface area contributed by atoms with E-state index in [2.05, 4.69) is 31.8 Å². The van der Waals surface area contributed by atoms with E-state index in [0.717, 1.165) is 0 Å². The smallest absolute Gasteiger partial charge is 0.345 e. The molecule has 0 aliphatic carbocycles. The van der Waals surface area contributed by atoms with Crippen LogP contribution in [-0.4, -0.2) is 30.5 Å². The maximum absolute atomic E-state index is 12.5. The van der Waals surface area contributed by atoms with Gasteiger partial charge in [-0.05, 0) is 48.5 Å². The summed E-state index contributed by atoms with van der Waals surface area (Å²) in [7, 11) is 0. The molecule has 0 spiro atoms. The lowest BCUT2D eigenvalue weighted by molar-refractivity contribution is -0.120. The van der Waals surface area contributed by atoms with Gasteiger partial charge >= 0.3 is 5.97 Å². The first kappa shape index (κ1) is 24.4. The van der Waals surface area contributed by atoms with Gasteiger partial charge in [0, 0.05) is 20.6 Å². The van der Waals surface area contributed by atoms with Gasteiger partial charge in [-0.1, -0.05) is 57.3 Å². The van der Waals surface area contributed by atoms with Crippen LogP contribution in [0.25, 0.3) is 0 Å². The number of carbonyl (C=O) groups is 3. The topological polar surface area (TPSA) is 96.9 Å². The van der Waals surface area contributed by atoms with Gasteiger partial charge in [0.1, 0.15) is 5.75 Å². The summed E-state index contributed by atoms with van der Waals surface area (Å²) in [6.45, 7) is -0.296. The summed E-state index contributed by atoms with van der Waals surface area (Å²) in [5.41, 5.74) is 3.27. The molecule has 0 fully saturated rings. The number of benzene rings is 3. The summed E-state index contributed by atoms with van der Waals surface area (Å²) in [4.78, 5) is 36.5. The van der Waals surface area contributed by atoms with Crippen LogP contribution in [0.4, 0.5) is 0 Å². The van der Waals surface area contributed by atoms with Crippen molar-refractivity contribution >= 4 is 63.1 Å². The second-order valence-corrected chi connectivity index (χ2v) is 8.30. The Morgan fingerprint density at radius 2 is 1.79 bits per heavy atom. The SMILES string of the molecule is O=C(CNC(=O)c1cccc(Cl)c1)N/N=C/c1cc(Br)ccc1OC(=O)c1ccccc1Cl. The van der Waals surface area contributed by atoms with E-state index in [4.69, 9.17) is 27.9 Å². The lowest BCUT2D eigenvalue weighted by Gasteiger charge is -2.09. The van der Waals surface area contributed by atoms with E-state index in [0.29, 0.717) is 20.6 Å². The van der Waals surface area contributed by atoms with Crippen LogP contribution in [0.2, 0.25) is 10.0 Å². The zero-order valence-electron chi connectivity index (χ0n) is 16.8.